The van der Waals surface area contributed by atoms with Crippen molar-refractivity contribution in [3.63, 3.8) is 0 Å². The van der Waals surface area contributed by atoms with Gasteiger partial charge in [0.1, 0.15) is 6.04 Å². The highest BCUT2D eigenvalue weighted by molar-refractivity contribution is 5.79. The highest BCUT2D eigenvalue weighted by atomic mass is 16.4. The first-order valence-electron chi connectivity index (χ1n) is 5.61. The van der Waals surface area contributed by atoms with Crippen LogP contribution in [0, 0.1) is 0 Å². The maximum atomic E-state index is 11.1. The monoisotopic (exact) mass is 260 g/mol. The molecule has 6 nitrogen and oxygen atoms in total. The Labute approximate surface area is 108 Å². The van der Waals surface area contributed by atoms with Crippen molar-refractivity contribution >= 4 is 11.9 Å². The fourth-order valence-electron chi connectivity index (χ4n) is 1.75. The number of benzene rings is 1. The zero-order valence-corrected chi connectivity index (χ0v) is 9.93. The second-order valence-electron chi connectivity index (χ2n) is 4.02. The van der Waals surface area contributed by atoms with Crippen molar-refractivity contribution in [2.45, 2.75) is 12.5 Å². The first kappa shape index (κ1) is 12.8. The van der Waals surface area contributed by atoms with Crippen LogP contribution in [-0.4, -0.2) is 31.7 Å². The van der Waals surface area contributed by atoms with Gasteiger partial charge in [0.15, 0.2) is 0 Å². The molecule has 1 aromatic carbocycles. The van der Waals surface area contributed by atoms with Crippen LogP contribution in [0.4, 0.5) is 0 Å². The van der Waals surface area contributed by atoms with Crippen molar-refractivity contribution in [2.75, 3.05) is 0 Å². The fourth-order valence-corrected chi connectivity index (χ4v) is 1.75. The summed E-state index contributed by atoms with van der Waals surface area (Å²) < 4.78 is 1.30. The molecule has 6 heteroatoms. The molecule has 0 aliphatic heterocycles. The highest BCUT2D eigenvalue weighted by Gasteiger charge is 2.23. The summed E-state index contributed by atoms with van der Waals surface area (Å²) in [5, 5.41) is 17.8. The van der Waals surface area contributed by atoms with Crippen molar-refractivity contribution in [1.29, 1.82) is 0 Å². The molecule has 0 fully saturated rings. The van der Waals surface area contributed by atoms with Gasteiger partial charge in [-0.1, -0.05) is 30.3 Å². The molecule has 0 spiro atoms. The largest absolute Gasteiger partial charge is 0.481 e. The summed E-state index contributed by atoms with van der Waals surface area (Å²) in [7, 11) is 0. The van der Waals surface area contributed by atoms with Gasteiger partial charge in [-0.15, -0.1) is 0 Å². The van der Waals surface area contributed by atoms with Gasteiger partial charge >= 0.3 is 11.9 Å². The van der Waals surface area contributed by atoms with E-state index in [1.165, 1.54) is 17.1 Å². The summed E-state index contributed by atoms with van der Waals surface area (Å²) >= 11 is 0. The van der Waals surface area contributed by atoms with Crippen molar-refractivity contribution in [2.24, 2.45) is 0 Å². The third kappa shape index (κ3) is 2.98. The van der Waals surface area contributed by atoms with E-state index in [4.69, 9.17) is 10.2 Å². The SMILES string of the molecule is O=C(O)CC(C(=O)O)n1cnc(-c2ccccc2)c1. The molecule has 1 aromatic heterocycles. The quantitative estimate of drug-likeness (QED) is 0.852. The number of aliphatic carboxylic acids is 2. The van der Waals surface area contributed by atoms with Crippen molar-refractivity contribution < 1.29 is 19.8 Å². The van der Waals surface area contributed by atoms with E-state index in [0.29, 0.717) is 5.69 Å². The molecule has 98 valence electrons. The molecule has 0 aliphatic carbocycles. The van der Waals surface area contributed by atoms with E-state index in [9.17, 15) is 9.59 Å². The third-order valence-electron chi connectivity index (χ3n) is 2.68. The molecule has 19 heavy (non-hydrogen) atoms. The second kappa shape index (κ2) is 5.34. The molecular weight excluding hydrogens is 248 g/mol. The van der Waals surface area contributed by atoms with Crippen LogP contribution >= 0.6 is 0 Å². The van der Waals surface area contributed by atoms with E-state index in [0.717, 1.165) is 5.56 Å². The number of carbonyl (C=O) groups is 2. The predicted octanol–water partition coefficient (Wildman–Crippen LogP) is 1.65. The zero-order valence-electron chi connectivity index (χ0n) is 9.93. The van der Waals surface area contributed by atoms with Gasteiger partial charge in [0, 0.05) is 11.8 Å². The van der Waals surface area contributed by atoms with E-state index in [-0.39, 0.29) is 0 Å². The summed E-state index contributed by atoms with van der Waals surface area (Å²) in [6.07, 6.45) is 2.39. The Hall–Kier alpha value is -2.63. The minimum atomic E-state index is -1.19. The van der Waals surface area contributed by atoms with Gasteiger partial charge in [0.25, 0.3) is 0 Å². The predicted molar refractivity (Wildman–Crippen MR) is 66.6 cm³/mol. The van der Waals surface area contributed by atoms with Gasteiger partial charge in [-0.2, -0.15) is 0 Å². The van der Waals surface area contributed by atoms with Crippen LogP contribution < -0.4 is 0 Å². The molecule has 2 aromatic rings. The van der Waals surface area contributed by atoms with E-state index >= 15 is 0 Å². The zero-order chi connectivity index (χ0) is 13.8. The Balaban J connectivity index is 2.29. The average Bonchev–Trinajstić information content (AvgIpc) is 2.86. The van der Waals surface area contributed by atoms with Crippen molar-refractivity contribution in [3.8, 4) is 11.3 Å². The van der Waals surface area contributed by atoms with Crippen LogP contribution in [0.1, 0.15) is 12.5 Å². The lowest BCUT2D eigenvalue weighted by molar-refractivity contribution is -0.147. The Morgan fingerprint density at radius 2 is 1.89 bits per heavy atom. The number of hydrogen-bond acceptors (Lipinski definition) is 3. The molecule has 1 atom stereocenters. The molecule has 0 saturated heterocycles. The molecule has 0 aliphatic rings. The van der Waals surface area contributed by atoms with E-state index in [1.807, 2.05) is 30.3 Å². The molecule has 1 heterocycles. The Morgan fingerprint density at radius 3 is 2.47 bits per heavy atom. The van der Waals surface area contributed by atoms with Crippen LogP contribution in [0.25, 0.3) is 11.3 Å². The van der Waals surface area contributed by atoms with Crippen LogP contribution in [0.5, 0.6) is 0 Å². The Morgan fingerprint density at radius 1 is 1.21 bits per heavy atom. The summed E-state index contributed by atoms with van der Waals surface area (Å²) in [5.41, 5.74) is 1.46. The van der Waals surface area contributed by atoms with Crippen molar-refractivity contribution in [1.82, 2.24) is 9.55 Å². The molecule has 0 radical (unpaired) electrons. The number of nitrogens with zero attached hydrogens (tertiary/aromatic N) is 2. The summed E-state index contributed by atoms with van der Waals surface area (Å²) in [4.78, 5) is 25.8. The lowest BCUT2D eigenvalue weighted by Crippen LogP contribution is -2.21. The summed E-state index contributed by atoms with van der Waals surface area (Å²) in [6.45, 7) is 0. The minimum absolute atomic E-state index is 0.486. The van der Waals surface area contributed by atoms with Gasteiger partial charge in [0.2, 0.25) is 0 Å². The van der Waals surface area contributed by atoms with Gasteiger partial charge in [-0.3, -0.25) is 4.79 Å². The normalized spacial score (nSPS) is 12.0. The lowest BCUT2D eigenvalue weighted by Gasteiger charge is -2.10. The maximum absolute atomic E-state index is 11.1. The molecule has 1 unspecified atom stereocenters. The van der Waals surface area contributed by atoms with Crippen molar-refractivity contribution in [3.05, 3.63) is 42.9 Å². The number of carboxylic acid groups (broad SMARTS) is 2. The van der Waals surface area contributed by atoms with Crippen LogP contribution in [-0.2, 0) is 9.59 Å². The Kier molecular flexibility index (Phi) is 3.61. The fraction of sp³-hybridized carbons (Fsp3) is 0.154. The number of hydrogen-bond donors (Lipinski definition) is 2. The number of imidazole rings is 1. The van der Waals surface area contributed by atoms with E-state index in [1.54, 1.807) is 0 Å². The van der Waals surface area contributed by atoms with Crippen LogP contribution in [0.3, 0.4) is 0 Å². The molecule has 2 rings (SSSR count). The van der Waals surface area contributed by atoms with Gasteiger partial charge in [0.05, 0.1) is 18.4 Å². The minimum Gasteiger partial charge on any atom is -0.481 e. The first-order valence-corrected chi connectivity index (χ1v) is 5.61. The average molecular weight is 260 g/mol. The van der Waals surface area contributed by atoms with E-state index in [2.05, 4.69) is 4.98 Å². The second-order valence-corrected chi connectivity index (χ2v) is 4.02. The van der Waals surface area contributed by atoms with Gasteiger partial charge in [-0.25, -0.2) is 9.78 Å². The Bertz CT molecular complexity index is 592. The number of carboxylic acids is 2. The van der Waals surface area contributed by atoms with Crippen LogP contribution in [0.2, 0.25) is 0 Å². The maximum Gasteiger partial charge on any atom is 0.327 e. The third-order valence-corrected chi connectivity index (χ3v) is 2.68. The molecule has 0 bridgehead atoms. The summed E-state index contributed by atoms with van der Waals surface area (Å²) in [5.74, 6) is -2.36. The topological polar surface area (TPSA) is 92.4 Å². The summed E-state index contributed by atoms with van der Waals surface area (Å²) in [6, 6.07) is 8.10. The highest BCUT2D eigenvalue weighted by Crippen LogP contribution is 2.20. The molecule has 0 saturated carbocycles. The smallest absolute Gasteiger partial charge is 0.327 e. The standard InChI is InChI=1S/C13H12N2O4/c16-12(17)6-11(13(18)19)15-7-10(14-8-15)9-4-2-1-3-5-9/h1-5,7-8,11H,6H2,(H,16,17)(H,18,19). The van der Waals surface area contributed by atoms with Gasteiger partial charge < -0.3 is 14.8 Å². The molecule has 0 amide bonds. The van der Waals surface area contributed by atoms with E-state index < -0.39 is 24.4 Å². The number of aromatic nitrogens is 2. The number of rotatable bonds is 5. The lowest BCUT2D eigenvalue weighted by atomic mass is 10.2. The van der Waals surface area contributed by atoms with Crippen LogP contribution in [0.15, 0.2) is 42.9 Å². The molecule has 2 N–H and O–H groups in total. The first-order chi connectivity index (χ1) is 9.08. The van der Waals surface area contributed by atoms with Gasteiger partial charge in [-0.05, 0) is 0 Å². The molecular formula is C13H12N2O4.